The van der Waals surface area contributed by atoms with Gasteiger partial charge in [-0.2, -0.15) is 5.10 Å². The Morgan fingerprint density at radius 1 is 1.36 bits per heavy atom. The summed E-state index contributed by atoms with van der Waals surface area (Å²) in [5, 5.41) is 16.8. The summed E-state index contributed by atoms with van der Waals surface area (Å²) in [7, 11) is 0. The van der Waals surface area contributed by atoms with Crippen LogP contribution in [-0.4, -0.2) is 31.3 Å². The number of nitrogens with one attached hydrogen (secondary N) is 1. The molecule has 3 aromatic rings. The largest absolute Gasteiger partial charge is 0.383 e. The van der Waals surface area contributed by atoms with Crippen LogP contribution in [0.1, 0.15) is 17.0 Å². The number of amides is 1. The van der Waals surface area contributed by atoms with Crippen molar-refractivity contribution >= 4 is 17.5 Å². The lowest BCUT2D eigenvalue weighted by Gasteiger charge is -2.15. The van der Waals surface area contributed by atoms with Gasteiger partial charge in [0.25, 0.3) is 5.69 Å². The predicted octanol–water partition coefficient (Wildman–Crippen LogP) is 0.371. The van der Waals surface area contributed by atoms with Gasteiger partial charge in [-0.15, -0.1) is 0 Å². The zero-order valence-corrected chi connectivity index (χ0v) is 13.5. The Hall–Kier alpha value is -3.49. The Morgan fingerprint density at radius 2 is 2.20 bits per heavy atom. The molecule has 0 aromatic carbocycles. The highest BCUT2D eigenvalue weighted by Gasteiger charge is 2.34. The van der Waals surface area contributed by atoms with E-state index in [-0.39, 0.29) is 24.7 Å². The summed E-state index contributed by atoms with van der Waals surface area (Å²) in [6, 6.07) is 7.08. The number of aromatic nitrogens is 5. The van der Waals surface area contributed by atoms with Crippen molar-refractivity contribution in [2.45, 2.75) is 19.9 Å². The normalized spacial score (nSPS) is 13.3. The maximum atomic E-state index is 12.5. The lowest BCUT2D eigenvalue weighted by Crippen LogP contribution is -2.42. The summed E-state index contributed by atoms with van der Waals surface area (Å²) in [6.07, 6.45) is 1.73. The molecular weight excluding hydrogens is 322 g/mol. The summed E-state index contributed by atoms with van der Waals surface area (Å²) in [4.78, 5) is 22.7. The fourth-order valence-electron chi connectivity index (χ4n) is 2.86. The van der Waals surface area contributed by atoms with Gasteiger partial charge in [-0.05, 0) is 12.1 Å². The Labute approximate surface area is 142 Å². The Kier molecular flexibility index (Phi) is 3.34. The van der Waals surface area contributed by atoms with Crippen molar-refractivity contribution in [3.8, 4) is 11.5 Å². The van der Waals surface area contributed by atoms with Crippen LogP contribution in [0.4, 0.5) is 11.6 Å². The van der Waals surface area contributed by atoms with Gasteiger partial charge in [0.05, 0.1) is 6.42 Å². The topological polar surface area (TPSA) is 125 Å². The molecule has 0 spiro atoms. The molecule has 0 aliphatic carbocycles. The van der Waals surface area contributed by atoms with E-state index in [0.717, 1.165) is 4.73 Å². The number of aryl methyl sites for hydroxylation is 1. The van der Waals surface area contributed by atoms with Crippen LogP contribution in [0, 0.1) is 6.92 Å². The van der Waals surface area contributed by atoms with E-state index in [4.69, 9.17) is 5.73 Å². The van der Waals surface area contributed by atoms with Gasteiger partial charge in [0.1, 0.15) is 23.9 Å². The number of anilines is 2. The Bertz CT molecular complexity index is 969. The number of fused-ring (bicyclic) bond motifs is 1. The molecule has 9 nitrogen and oxygen atoms in total. The molecule has 0 saturated heterocycles. The number of carbonyl (C=O) groups excluding carboxylic acids is 1. The van der Waals surface area contributed by atoms with Crippen LogP contribution in [0.5, 0.6) is 0 Å². The summed E-state index contributed by atoms with van der Waals surface area (Å²) in [5.74, 6) is 0.962. The number of carbonyl (C=O) groups is 1. The van der Waals surface area contributed by atoms with Crippen LogP contribution in [0.25, 0.3) is 11.5 Å². The second-order valence-electron chi connectivity index (χ2n) is 5.83. The lowest BCUT2D eigenvalue weighted by atomic mass is 10.2. The van der Waals surface area contributed by atoms with Crippen molar-refractivity contribution in [1.82, 2.24) is 20.2 Å². The predicted molar refractivity (Wildman–Crippen MR) is 87.5 cm³/mol. The molecule has 3 aromatic heterocycles. The Morgan fingerprint density at radius 3 is 2.96 bits per heavy atom. The minimum Gasteiger partial charge on any atom is -0.383 e. The molecule has 4 rings (SSSR count). The molecule has 0 atom stereocenters. The van der Waals surface area contributed by atoms with Crippen LogP contribution >= 0.6 is 0 Å². The third-order valence-electron chi connectivity index (χ3n) is 4.20. The van der Waals surface area contributed by atoms with E-state index in [2.05, 4.69) is 20.2 Å². The van der Waals surface area contributed by atoms with E-state index >= 15 is 0 Å². The Balaban J connectivity index is 1.77. The molecule has 4 N–H and O–H groups in total. The second-order valence-corrected chi connectivity index (χ2v) is 5.83. The quantitative estimate of drug-likeness (QED) is 0.468. The van der Waals surface area contributed by atoms with E-state index in [1.54, 1.807) is 31.3 Å². The van der Waals surface area contributed by atoms with E-state index < -0.39 is 0 Å². The molecule has 9 heteroatoms. The molecule has 1 amide bonds. The standard InChI is InChI=1S/C16H16N7O2/c1-9-3-2-4-10(23(9)25)8-22-13(24)7-11-14(17)19-15(20-16(11)22)12-5-6-18-21-12/h2-6,25H,7-8H2,1H3,(H,18,21)(H2,17,19,20)/q+1. The van der Waals surface area contributed by atoms with Gasteiger partial charge < -0.3 is 5.73 Å². The van der Waals surface area contributed by atoms with Crippen LogP contribution in [-0.2, 0) is 17.8 Å². The number of nitrogens with two attached hydrogens (primary N) is 1. The maximum Gasteiger partial charge on any atom is 0.254 e. The van der Waals surface area contributed by atoms with Crippen LogP contribution in [0.3, 0.4) is 0 Å². The first-order valence-corrected chi connectivity index (χ1v) is 7.71. The molecule has 4 heterocycles. The van der Waals surface area contributed by atoms with E-state index in [0.29, 0.717) is 34.3 Å². The number of hydrogen-bond donors (Lipinski definition) is 3. The summed E-state index contributed by atoms with van der Waals surface area (Å²) in [5.41, 5.74) is 8.49. The molecule has 0 radical (unpaired) electrons. The number of hydrogen-bond acceptors (Lipinski definition) is 6. The second kappa shape index (κ2) is 5.55. The summed E-state index contributed by atoms with van der Waals surface area (Å²) >= 11 is 0. The number of pyridine rings is 1. The van der Waals surface area contributed by atoms with Crippen LogP contribution < -0.4 is 15.4 Å². The molecule has 0 fully saturated rings. The van der Waals surface area contributed by atoms with Gasteiger partial charge in [0.2, 0.25) is 11.6 Å². The van der Waals surface area contributed by atoms with E-state index in [1.807, 2.05) is 6.07 Å². The first-order chi connectivity index (χ1) is 12.0. The van der Waals surface area contributed by atoms with Crippen molar-refractivity contribution < 1.29 is 14.7 Å². The molecule has 1 aliphatic rings. The fourth-order valence-corrected chi connectivity index (χ4v) is 2.86. The van der Waals surface area contributed by atoms with Crippen molar-refractivity contribution in [2.75, 3.05) is 10.6 Å². The molecule has 0 saturated carbocycles. The number of nitrogen functional groups attached to an aromatic ring is 1. The highest BCUT2D eigenvalue weighted by Crippen LogP contribution is 2.33. The number of H-pyrrole nitrogens is 1. The molecular formula is C16H16N7O2+. The molecule has 25 heavy (non-hydrogen) atoms. The average molecular weight is 338 g/mol. The van der Waals surface area contributed by atoms with Gasteiger partial charge in [-0.3, -0.25) is 20.0 Å². The molecule has 126 valence electrons. The highest BCUT2D eigenvalue weighted by molar-refractivity contribution is 6.01. The first kappa shape index (κ1) is 15.1. The molecule has 1 aliphatic heterocycles. The van der Waals surface area contributed by atoms with Crippen molar-refractivity contribution in [3.63, 3.8) is 0 Å². The minimum absolute atomic E-state index is 0.140. The maximum absolute atomic E-state index is 12.5. The van der Waals surface area contributed by atoms with Crippen molar-refractivity contribution in [3.05, 3.63) is 47.4 Å². The number of aromatic amines is 1. The highest BCUT2D eigenvalue weighted by atomic mass is 16.5. The summed E-state index contributed by atoms with van der Waals surface area (Å²) < 4.78 is 1.06. The molecule has 0 unspecified atom stereocenters. The van der Waals surface area contributed by atoms with Crippen molar-refractivity contribution in [2.24, 2.45) is 0 Å². The third kappa shape index (κ3) is 2.45. The van der Waals surface area contributed by atoms with Gasteiger partial charge in [-0.25, -0.2) is 9.97 Å². The van der Waals surface area contributed by atoms with E-state index in [9.17, 15) is 10.0 Å². The van der Waals surface area contributed by atoms with Gasteiger partial charge in [0.15, 0.2) is 5.82 Å². The molecule has 0 bridgehead atoms. The minimum atomic E-state index is -0.140. The fraction of sp³-hybridized carbons (Fsp3) is 0.188. The van der Waals surface area contributed by atoms with Crippen molar-refractivity contribution in [1.29, 1.82) is 0 Å². The zero-order chi connectivity index (χ0) is 17.6. The van der Waals surface area contributed by atoms with Crippen LogP contribution in [0.15, 0.2) is 30.5 Å². The van der Waals surface area contributed by atoms with Gasteiger partial charge in [-0.1, -0.05) is 0 Å². The lowest BCUT2D eigenvalue weighted by molar-refractivity contribution is -0.913. The van der Waals surface area contributed by atoms with E-state index in [1.165, 1.54) is 4.90 Å². The monoisotopic (exact) mass is 338 g/mol. The smallest absolute Gasteiger partial charge is 0.254 e. The summed E-state index contributed by atoms with van der Waals surface area (Å²) in [6.45, 7) is 1.96. The van der Waals surface area contributed by atoms with Crippen LogP contribution in [0.2, 0.25) is 0 Å². The van der Waals surface area contributed by atoms with Gasteiger partial charge >= 0.3 is 0 Å². The SMILES string of the molecule is Cc1cccc(CN2C(=O)Cc3c(N)nc(-c4ccn[nH]4)nc32)[n+]1O. The number of rotatable bonds is 3. The first-order valence-electron chi connectivity index (χ1n) is 7.71. The third-order valence-corrected chi connectivity index (χ3v) is 4.20. The zero-order valence-electron chi connectivity index (χ0n) is 13.5. The average Bonchev–Trinajstić information content (AvgIpc) is 3.21. The van der Waals surface area contributed by atoms with Gasteiger partial charge in [0, 0.05) is 35.5 Å². The number of nitrogens with zero attached hydrogens (tertiary/aromatic N) is 5.